The average molecular weight is 577 g/mol. The first-order valence-corrected chi connectivity index (χ1v) is 14.2. The minimum Gasteiger partial charge on any atom is -0.489 e. The van der Waals surface area contributed by atoms with Crippen LogP contribution in [-0.4, -0.2) is 82.6 Å². The van der Waals surface area contributed by atoms with E-state index in [1.165, 1.54) is 10.5 Å². The summed E-state index contributed by atoms with van der Waals surface area (Å²) >= 11 is 0. The molecule has 3 aromatic rings. The van der Waals surface area contributed by atoms with Crippen molar-refractivity contribution in [3.8, 4) is 23.1 Å². The number of anilines is 2. The molecule has 1 aromatic heterocycles. The number of amides is 1. The molecule has 2 fully saturated rings. The standard InChI is InChI=1S/C31H34F2N6O3/c1-38-14-9-21(10-15-38)20-2-5-24(6-3-20)36-31-35-13-8-26(37-31)22-4-7-27(23(18-22)19-34)42-25-11-16-39(17-12-25)30(41)28(40)29(32)33/h2-8,13,18,21,25,28-29,40H,9-12,14-17H2,1H3,(H,35,36,37)/t28-/m1/s1. The monoisotopic (exact) mass is 576 g/mol. The molecule has 2 saturated heterocycles. The Balaban J connectivity index is 1.21. The van der Waals surface area contributed by atoms with Gasteiger partial charge in [-0.3, -0.25) is 4.79 Å². The van der Waals surface area contributed by atoms with Crippen LogP contribution in [0.1, 0.15) is 42.7 Å². The van der Waals surface area contributed by atoms with E-state index >= 15 is 0 Å². The summed E-state index contributed by atoms with van der Waals surface area (Å²) in [6.07, 6.45) is -0.944. The summed E-state index contributed by atoms with van der Waals surface area (Å²) in [7, 11) is 2.16. The molecule has 2 aromatic carbocycles. The summed E-state index contributed by atoms with van der Waals surface area (Å²) < 4.78 is 31.4. The van der Waals surface area contributed by atoms with Crippen molar-refractivity contribution in [3.63, 3.8) is 0 Å². The van der Waals surface area contributed by atoms with Crippen LogP contribution in [0.3, 0.4) is 0 Å². The van der Waals surface area contributed by atoms with Crippen molar-refractivity contribution >= 4 is 17.5 Å². The summed E-state index contributed by atoms with van der Waals surface area (Å²) in [5.74, 6) is 0.446. The van der Waals surface area contributed by atoms with Crippen LogP contribution in [0, 0.1) is 11.3 Å². The molecule has 0 aliphatic carbocycles. The zero-order valence-corrected chi connectivity index (χ0v) is 23.4. The van der Waals surface area contributed by atoms with Gasteiger partial charge in [0.25, 0.3) is 12.3 Å². The molecule has 220 valence electrons. The molecule has 42 heavy (non-hydrogen) atoms. The van der Waals surface area contributed by atoms with Gasteiger partial charge in [-0.15, -0.1) is 0 Å². The SMILES string of the molecule is CN1CCC(c2ccc(Nc3nccc(-c4ccc(OC5CCN(C(=O)[C@H](O)C(F)F)CC5)c(C#N)c4)n3)cc2)CC1. The van der Waals surface area contributed by atoms with Crippen LogP contribution in [0.5, 0.6) is 5.75 Å². The zero-order chi connectivity index (χ0) is 29.6. The zero-order valence-electron chi connectivity index (χ0n) is 23.4. The van der Waals surface area contributed by atoms with E-state index in [1.54, 1.807) is 24.4 Å². The number of likely N-dealkylation sites (tertiary alicyclic amines) is 2. The summed E-state index contributed by atoms with van der Waals surface area (Å²) in [6.45, 7) is 2.60. The smallest absolute Gasteiger partial charge is 0.273 e. The lowest BCUT2D eigenvalue weighted by molar-refractivity contribution is -0.150. The number of aliphatic hydroxyl groups is 1. The fourth-order valence-electron chi connectivity index (χ4n) is 5.44. The predicted molar refractivity (Wildman–Crippen MR) is 154 cm³/mol. The molecule has 1 atom stereocenters. The Labute approximate surface area is 243 Å². The Kier molecular flexibility index (Phi) is 9.25. The number of carbonyl (C=O) groups excluding carboxylic acids is 1. The molecule has 0 saturated carbocycles. The lowest BCUT2D eigenvalue weighted by atomic mass is 9.89. The van der Waals surface area contributed by atoms with Crippen molar-refractivity contribution in [1.29, 1.82) is 5.26 Å². The number of nitrogens with zero attached hydrogens (tertiary/aromatic N) is 5. The molecule has 9 nitrogen and oxygen atoms in total. The van der Waals surface area contributed by atoms with Gasteiger partial charge in [0.15, 0.2) is 6.10 Å². The quantitative estimate of drug-likeness (QED) is 0.401. The number of ether oxygens (including phenoxy) is 1. The second-order valence-corrected chi connectivity index (χ2v) is 10.8. The van der Waals surface area contributed by atoms with E-state index in [0.717, 1.165) is 37.2 Å². The summed E-state index contributed by atoms with van der Waals surface area (Å²) in [5.41, 5.74) is 3.93. The average Bonchev–Trinajstić information content (AvgIpc) is 3.02. The molecular formula is C31H34F2N6O3. The Morgan fingerprint density at radius 1 is 1.07 bits per heavy atom. The van der Waals surface area contributed by atoms with E-state index in [0.29, 0.717) is 41.7 Å². The molecule has 2 N–H and O–H groups in total. The first-order chi connectivity index (χ1) is 20.3. The van der Waals surface area contributed by atoms with E-state index in [1.807, 2.05) is 18.2 Å². The first-order valence-electron chi connectivity index (χ1n) is 14.2. The second-order valence-electron chi connectivity index (χ2n) is 10.8. The lowest BCUT2D eigenvalue weighted by Crippen LogP contribution is -2.47. The van der Waals surface area contributed by atoms with Crippen LogP contribution in [0.15, 0.2) is 54.7 Å². The van der Waals surface area contributed by atoms with Gasteiger partial charge < -0.3 is 25.0 Å². The fraction of sp³-hybridized carbons (Fsp3) is 0.419. The van der Waals surface area contributed by atoms with Crippen LogP contribution in [0.25, 0.3) is 11.3 Å². The Bertz CT molecular complexity index is 1410. The van der Waals surface area contributed by atoms with Crippen LogP contribution in [-0.2, 0) is 4.79 Å². The van der Waals surface area contributed by atoms with Gasteiger partial charge >= 0.3 is 0 Å². The highest BCUT2D eigenvalue weighted by Crippen LogP contribution is 2.30. The number of rotatable bonds is 8. The van der Waals surface area contributed by atoms with Crippen molar-refractivity contribution in [3.05, 3.63) is 65.9 Å². The predicted octanol–water partition coefficient (Wildman–Crippen LogP) is 4.56. The van der Waals surface area contributed by atoms with Crippen molar-refractivity contribution in [2.24, 2.45) is 0 Å². The van der Waals surface area contributed by atoms with Gasteiger partial charge in [0, 0.05) is 43.4 Å². The van der Waals surface area contributed by atoms with Gasteiger partial charge in [-0.05, 0) is 80.9 Å². The maximum absolute atomic E-state index is 12.7. The third-order valence-corrected chi connectivity index (χ3v) is 7.95. The third-order valence-electron chi connectivity index (χ3n) is 7.95. The van der Waals surface area contributed by atoms with Crippen molar-refractivity contribution in [2.75, 3.05) is 38.5 Å². The first kappa shape index (κ1) is 29.4. The molecule has 5 rings (SSSR count). The number of alkyl halides is 2. The van der Waals surface area contributed by atoms with Crippen LogP contribution < -0.4 is 10.1 Å². The molecule has 1 amide bonds. The highest BCUT2D eigenvalue weighted by atomic mass is 19.3. The normalized spacial score (nSPS) is 17.6. The fourth-order valence-corrected chi connectivity index (χ4v) is 5.44. The van der Waals surface area contributed by atoms with Gasteiger partial charge in [0.1, 0.15) is 17.9 Å². The highest BCUT2D eigenvalue weighted by molar-refractivity contribution is 5.81. The summed E-state index contributed by atoms with van der Waals surface area (Å²) in [5, 5.41) is 22.4. The van der Waals surface area contributed by atoms with Gasteiger partial charge in [-0.25, -0.2) is 18.7 Å². The van der Waals surface area contributed by atoms with Gasteiger partial charge in [-0.2, -0.15) is 5.26 Å². The number of aromatic nitrogens is 2. The summed E-state index contributed by atoms with van der Waals surface area (Å²) in [4.78, 5) is 24.6. The molecule has 0 unspecified atom stereocenters. The minimum absolute atomic E-state index is 0.185. The van der Waals surface area contributed by atoms with Gasteiger partial charge in [0.05, 0.1) is 11.3 Å². The maximum atomic E-state index is 12.7. The maximum Gasteiger partial charge on any atom is 0.273 e. The minimum atomic E-state index is -3.12. The van der Waals surface area contributed by atoms with E-state index in [4.69, 9.17) is 4.74 Å². The summed E-state index contributed by atoms with van der Waals surface area (Å²) in [6, 6.07) is 17.6. The van der Waals surface area contributed by atoms with Crippen LogP contribution in [0.4, 0.5) is 20.4 Å². The van der Waals surface area contributed by atoms with Gasteiger partial charge in [-0.1, -0.05) is 12.1 Å². The number of halogens is 2. The number of nitriles is 1. The Morgan fingerprint density at radius 2 is 1.79 bits per heavy atom. The van der Waals surface area contributed by atoms with Gasteiger partial charge in [0.2, 0.25) is 5.95 Å². The van der Waals surface area contributed by atoms with Crippen molar-refractivity contribution in [2.45, 2.75) is 50.2 Å². The molecule has 11 heteroatoms. The molecular weight excluding hydrogens is 542 g/mol. The van der Waals surface area contributed by atoms with E-state index in [-0.39, 0.29) is 19.2 Å². The van der Waals surface area contributed by atoms with Crippen molar-refractivity contribution in [1.82, 2.24) is 19.8 Å². The molecule has 2 aliphatic rings. The number of hydrogen-bond donors (Lipinski definition) is 2. The topological polar surface area (TPSA) is 115 Å². The van der Waals surface area contributed by atoms with E-state index in [2.05, 4.69) is 45.4 Å². The molecule has 0 spiro atoms. The molecule has 2 aliphatic heterocycles. The molecule has 0 bridgehead atoms. The van der Waals surface area contributed by atoms with E-state index < -0.39 is 18.4 Å². The Hall–Kier alpha value is -4.14. The highest BCUT2D eigenvalue weighted by Gasteiger charge is 2.33. The molecule has 3 heterocycles. The lowest BCUT2D eigenvalue weighted by Gasteiger charge is -2.33. The largest absolute Gasteiger partial charge is 0.489 e. The number of benzene rings is 2. The number of aliphatic hydroxyl groups excluding tert-OH is 1. The number of nitrogens with one attached hydrogen (secondary N) is 1. The van der Waals surface area contributed by atoms with E-state index in [9.17, 15) is 23.9 Å². The Morgan fingerprint density at radius 3 is 2.45 bits per heavy atom. The van der Waals surface area contributed by atoms with Crippen LogP contribution in [0.2, 0.25) is 0 Å². The third kappa shape index (κ3) is 7.01. The number of carbonyl (C=O) groups is 1. The number of piperidine rings is 2. The molecule has 0 radical (unpaired) electrons. The van der Waals surface area contributed by atoms with Crippen LogP contribution >= 0.6 is 0 Å². The second kappa shape index (κ2) is 13.2. The number of hydrogen-bond acceptors (Lipinski definition) is 8. The van der Waals surface area contributed by atoms with Crippen molar-refractivity contribution < 1.29 is 23.4 Å².